The number of piperidine rings is 1. The van der Waals surface area contributed by atoms with Crippen LogP contribution in [0.15, 0.2) is 54.1 Å². The van der Waals surface area contributed by atoms with Crippen molar-refractivity contribution in [3.63, 3.8) is 0 Å². The number of amides is 1. The highest BCUT2D eigenvalue weighted by Crippen LogP contribution is 2.22. The van der Waals surface area contributed by atoms with Crippen LogP contribution in [0.2, 0.25) is 0 Å². The van der Waals surface area contributed by atoms with Gasteiger partial charge in [0, 0.05) is 31.6 Å². The lowest BCUT2D eigenvalue weighted by Gasteiger charge is -2.28. The Labute approximate surface area is 186 Å². The van der Waals surface area contributed by atoms with Crippen LogP contribution >= 0.6 is 12.2 Å². The van der Waals surface area contributed by atoms with E-state index >= 15 is 0 Å². The van der Waals surface area contributed by atoms with E-state index in [1.165, 1.54) is 17.7 Å². The molecule has 1 N–H and O–H groups in total. The number of rotatable bonds is 5. The molecule has 0 atom stereocenters. The highest BCUT2D eigenvalue weighted by Gasteiger charge is 2.20. The monoisotopic (exact) mass is 436 g/mol. The molecule has 1 aromatic heterocycles. The number of aryl methyl sites for hydroxylation is 1. The molecule has 4 rings (SSSR count). The molecule has 1 fully saturated rings. The molecular weight excluding hydrogens is 411 g/mol. The summed E-state index contributed by atoms with van der Waals surface area (Å²) in [7, 11) is 0. The summed E-state index contributed by atoms with van der Waals surface area (Å²) in [4.78, 5) is 14.7. The molecule has 5 nitrogen and oxygen atoms in total. The Balaban J connectivity index is 1.36. The number of benzene rings is 2. The Hall–Kier alpha value is -3.06. The lowest BCUT2D eigenvalue weighted by Crippen LogP contribution is -2.36. The molecule has 1 aliphatic rings. The van der Waals surface area contributed by atoms with E-state index in [4.69, 9.17) is 12.2 Å². The summed E-state index contributed by atoms with van der Waals surface area (Å²) < 4.78 is 15.8. The molecule has 2 aromatic carbocycles. The molecule has 160 valence electrons. The maximum Gasteiger partial charge on any atom is 0.224 e. The number of halogens is 1. The number of likely N-dealkylation sites (tertiary alicyclic amines) is 1. The van der Waals surface area contributed by atoms with Crippen molar-refractivity contribution in [1.82, 2.24) is 19.7 Å². The van der Waals surface area contributed by atoms with Crippen LogP contribution in [0, 0.1) is 17.5 Å². The molecule has 1 aliphatic heterocycles. The van der Waals surface area contributed by atoms with E-state index in [9.17, 15) is 9.18 Å². The first-order chi connectivity index (χ1) is 15.0. The van der Waals surface area contributed by atoms with Gasteiger partial charge in [-0.1, -0.05) is 47.5 Å². The van der Waals surface area contributed by atoms with Gasteiger partial charge in [-0.2, -0.15) is 5.10 Å². The summed E-state index contributed by atoms with van der Waals surface area (Å²) in [6.07, 6.45) is 4.02. The predicted molar refractivity (Wildman–Crippen MR) is 122 cm³/mol. The molecule has 0 spiro atoms. The Morgan fingerprint density at radius 3 is 2.71 bits per heavy atom. The summed E-state index contributed by atoms with van der Waals surface area (Å²) in [5.74, 6) is 0.633. The first-order valence-electron chi connectivity index (χ1n) is 10.4. The van der Waals surface area contributed by atoms with Crippen molar-refractivity contribution in [3.8, 4) is 11.4 Å². The molecule has 0 bridgehead atoms. The largest absolute Gasteiger partial charge is 0.342 e. The average molecular weight is 437 g/mol. The number of nitrogens with one attached hydrogen (secondary N) is 1. The molecule has 1 saturated heterocycles. The fourth-order valence-corrected chi connectivity index (χ4v) is 4.14. The minimum absolute atomic E-state index is 0.114. The highest BCUT2D eigenvalue weighted by molar-refractivity contribution is 7.71. The Kier molecular flexibility index (Phi) is 6.42. The minimum atomic E-state index is -0.232. The number of hydrogen-bond donors (Lipinski definition) is 1. The second kappa shape index (κ2) is 9.39. The molecule has 0 aliphatic carbocycles. The molecule has 7 heteroatoms. The Bertz CT molecular complexity index is 1170. The van der Waals surface area contributed by atoms with Crippen LogP contribution in [0.25, 0.3) is 17.5 Å². The quantitative estimate of drug-likeness (QED) is 0.563. The van der Waals surface area contributed by atoms with Crippen molar-refractivity contribution >= 4 is 24.2 Å². The second-order valence-electron chi connectivity index (χ2n) is 7.86. The van der Waals surface area contributed by atoms with Gasteiger partial charge in [0.25, 0.3) is 0 Å². The first kappa shape index (κ1) is 21.2. The lowest BCUT2D eigenvalue weighted by molar-refractivity contribution is -0.131. The third-order valence-electron chi connectivity index (χ3n) is 5.56. The lowest BCUT2D eigenvalue weighted by atomic mass is 10.0. The van der Waals surface area contributed by atoms with E-state index in [1.807, 2.05) is 46.7 Å². The number of hydrogen-bond acceptors (Lipinski definition) is 3. The Morgan fingerprint density at radius 2 is 1.97 bits per heavy atom. The van der Waals surface area contributed by atoms with Gasteiger partial charge in [-0.25, -0.2) is 4.39 Å². The van der Waals surface area contributed by atoms with Gasteiger partial charge in [0.15, 0.2) is 10.6 Å². The van der Waals surface area contributed by atoms with Gasteiger partial charge >= 0.3 is 0 Å². The summed E-state index contributed by atoms with van der Waals surface area (Å²) in [6.45, 7) is 3.88. The number of aromatic amines is 1. The molecule has 1 amide bonds. The van der Waals surface area contributed by atoms with Gasteiger partial charge in [0.1, 0.15) is 5.82 Å². The van der Waals surface area contributed by atoms with Gasteiger partial charge in [-0.15, -0.1) is 0 Å². The van der Waals surface area contributed by atoms with Crippen molar-refractivity contribution in [3.05, 3.63) is 75.8 Å². The van der Waals surface area contributed by atoms with E-state index in [-0.39, 0.29) is 11.7 Å². The van der Waals surface area contributed by atoms with Crippen molar-refractivity contribution in [1.29, 1.82) is 0 Å². The van der Waals surface area contributed by atoms with Gasteiger partial charge in [-0.3, -0.25) is 14.5 Å². The minimum Gasteiger partial charge on any atom is -0.342 e. The van der Waals surface area contributed by atoms with Crippen LogP contribution in [0.3, 0.4) is 0 Å². The van der Waals surface area contributed by atoms with Crippen LogP contribution < -0.4 is 0 Å². The number of aromatic nitrogens is 3. The standard InChI is InChI=1S/C24H25FN4OS/c1-17-4-2-6-20(14-17)23-26-27-24(31)29(23)13-10-22(30)28-11-8-18(9-12-28)15-19-5-3-7-21(25)16-19/h2-7,14-16H,8-13H2,1H3,(H,27,31). The predicted octanol–water partition coefficient (Wildman–Crippen LogP) is 5.15. The van der Waals surface area contributed by atoms with Crippen molar-refractivity contribution in [2.75, 3.05) is 13.1 Å². The third-order valence-corrected chi connectivity index (χ3v) is 5.87. The summed E-state index contributed by atoms with van der Waals surface area (Å²) in [5.41, 5.74) is 4.23. The number of carbonyl (C=O) groups excluding carboxylic acids is 1. The van der Waals surface area contributed by atoms with E-state index in [2.05, 4.69) is 16.3 Å². The van der Waals surface area contributed by atoms with Crippen molar-refractivity contribution in [2.24, 2.45) is 0 Å². The summed E-state index contributed by atoms with van der Waals surface area (Å²) >= 11 is 5.39. The fraction of sp³-hybridized carbons (Fsp3) is 0.292. The van der Waals surface area contributed by atoms with Crippen LogP contribution in [0.1, 0.15) is 30.4 Å². The molecule has 3 aromatic rings. The Morgan fingerprint density at radius 1 is 1.19 bits per heavy atom. The first-order valence-corrected chi connectivity index (χ1v) is 10.9. The number of H-pyrrole nitrogens is 1. The van der Waals surface area contributed by atoms with E-state index in [0.717, 1.165) is 35.4 Å². The summed E-state index contributed by atoms with van der Waals surface area (Å²) in [5, 5.41) is 7.21. The number of nitrogens with zero attached hydrogens (tertiary/aromatic N) is 3. The molecule has 0 unspecified atom stereocenters. The molecule has 31 heavy (non-hydrogen) atoms. The molecule has 0 radical (unpaired) electrons. The zero-order valence-electron chi connectivity index (χ0n) is 17.5. The molecule has 0 saturated carbocycles. The normalized spacial score (nSPS) is 14.0. The highest BCUT2D eigenvalue weighted by atomic mass is 32.1. The fourth-order valence-electron chi connectivity index (χ4n) is 3.91. The van der Waals surface area contributed by atoms with Crippen LogP contribution in [-0.2, 0) is 11.3 Å². The van der Waals surface area contributed by atoms with Crippen molar-refractivity contribution in [2.45, 2.75) is 32.7 Å². The zero-order chi connectivity index (χ0) is 21.8. The van der Waals surface area contributed by atoms with E-state index in [0.29, 0.717) is 30.8 Å². The smallest absolute Gasteiger partial charge is 0.224 e. The van der Waals surface area contributed by atoms with Crippen molar-refractivity contribution < 1.29 is 9.18 Å². The number of carbonyl (C=O) groups is 1. The van der Waals surface area contributed by atoms with E-state index < -0.39 is 0 Å². The van der Waals surface area contributed by atoms with Gasteiger partial charge in [-0.05, 0) is 55.7 Å². The van der Waals surface area contributed by atoms with E-state index in [1.54, 1.807) is 6.07 Å². The molecule has 2 heterocycles. The summed E-state index contributed by atoms with van der Waals surface area (Å²) in [6, 6.07) is 14.7. The zero-order valence-corrected chi connectivity index (χ0v) is 18.3. The van der Waals surface area contributed by atoms with Gasteiger partial charge < -0.3 is 4.90 Å². The maximum absolute atomic E-state index is 13.4. The van der Waals surface area contributed by atoms with Crippen LogP contribution in [0.5, 0.6) is 0 Å². The molecular formula is C24H25FN4OS. The average Bonchev–Trinajstić information content (AvgIpc) is 3.13. The third kappa shape index (κ3) is 5.17. The topological polar surface area (TPSA) is 53.9 Å². The maximum atomic E-state index is 13.4. The SMILES string of the molecule is Cc1cccc(-c2n[nH]c(=S)n2CCC(=O)N2CCC(=Cc3cccc(F)c3)CC2)c1. The van der Waals surface area contributed by atoms with Crippen LogP contribution in [-0.4, -0.2) is 38.7 Å². The van der Waals surface area contributed by atoms with Crippen LogP contribution in [0.4, 0.5) is 4.39 Å². The van der Waals surface area contributed by atoms with Gasteiger partial charge in [0.2, 0.25) is 5.91 Å². The second-order valence-corrected chi connectivity index (χ2v) is 8.25. The van der Waals surface area contributed by atoms with Gasteiger partial charge in [0.05, 0.1) is 0 Å².